The number of alkyl halides is 2. The molecular weight excluding hydrogens is 541 g/mol. The number of furan rings is 1. The predicted molar refractivity (Wildman–Crippen MR) is 139 cm³/mol. The summed E-state index contributed by atoms with van der Waals surface area (Å²) >= 11 is 12.4. The van der Waals surface area contributed by atoms with Crippen LogP contribution in [0, 0.1) is 0 Å². The third-order valence-corrected chi connectivity index (χ3v) is 7.43. The maximum atomic E-state index is 15.3. The Balaban J connectivity index is 1.35. The molecule has 0 bridgehead atoms. The average Bonchev–Trinajstić information content (AvgIpc) is 3.66. The summed E-state index contributed by atoms with van der Waals surface area (Å²) in [6.07, 6.45) is 1.25. The van der Waals surface area contributed by atoms with E-state index in [1.807, 2.05) is 4.90 Å². The lowest BCUT2D eigenvalue weighted by molar-refractivity contribution is -0.151. The Kier molecular flexibility index (Phi) is 8.11. The van der Waals surface area contributed by atoms with E-state index in [2.05, 4.69) is 5.32 Å². The Hall–Kier alpha value is -2.43. The van der Waals surface area contributed by atoms with E-state index in [9.17, 15) is 9.90 Å². The van der Waals surface area contributed by atoms with Crippen molar-refractivity contribution in [3.63, 3.8) is 0 Å². The number of aliphatic hydroxyl groups excluding tert-OH is 1. The number of carbonyl (C=O) groups is 1. The van der Waals surface area contributed by atoms with Gasteiger partial charge in [0.1, 0.15) is 23.5 Å². The van der Waals surface area contributed by atoms with E-state index in [-0.39, 0.29) is 23.3 Å². The topological polar surface area (TPSA) is 84.2 Å². The van der Waals surface area contributed by atoms with Crippen molar-refractivity contribution >= 4 is 40.1 Å². The number of nitrogens with zero attached hydrogens (tertiary/aromatic N) is 1. The van der Waals surface area contributed by atoms with Crippen LogP contribution in [0.25, 0.3) is 11.0 Å². The molecule has 2 N–H and O–H groups in total. The molecular formula is C27H28Cl2F2N2O5. The van der Waals surface area contributed by atoms with Gasteiger partial charge in [0.2, 0.25) is 0 Å². The Morgan fingerprint density at radius 3 is 2.68 bits per heavy atom. The van der Waals surface area contributed by atoms with Crippen molar-refractivity contribution in [1.82, 2.24) is 10.2 Å². The molecule has 11 heteroatoms. The van der Waals surface area contributed by atoms with Crippen LogP contribution in [-0.2, 0) is 15.5 Å². The highest BCUT2D eigenvalue weighted by atomic mass is 35.5. The van der Waals surface area contributed by atoms with Gasteiger partial charge in [0, 0.05) is 23.4 Å². The smallest absolute Gasteiger partial charge is 0.380 e. The van der Waals surface area contributed by atoms with Gasteiger partial charge < -0.3 is 29.2 Å². The molecule has 3 aromatic rings. The molecule has 1 aromatic heterocycles. The normalized spacial score (nSPS) is 20.1. The van der Waals surface area contributed by atoms with E-state index >= 15 is 8.78 Å². The molecule has 7 nitrogen and oxygen atoms in total. The molecule has 0 saturated carbocycles. The molecule has 0 spiro atoms. The van der Waals surface area contributed by atoms with Crippen LogP contribution in [0.15, 0.2) is 46.9 Å². The molecule has 5 rings (SSSR count). The molecule has 0 radical (unpaired) electrons. The molecule has 3 atom stereocenters. The monoisotopic (exact) mass is 568 g/mol. The van der Waals surface area contributed by atoms with Crippen molar-refractivity contribution in [1.29, 1.82) is 0 Å². The molecule has 2 aliphatic heterocycles. The van der Waals surface area contributed by atoms with E-state index < -0.39 is 29.7 Å². The summed E-state index contributed by atoms with van der Waals surface area (Å²) in [6.45, 7) is 2.77. The summed E-state index contributed by atoms with van der Waals surface area (Å²) < 4.78 is 47.0. The summed E-state index contributed by atoms with van der Waals surface area (Å²) in [7, 11) is 0. The summed E-state index contributed by atoms with van der Waals surface area (Å²) in [5.41, 5.74) is 0.558. The second-order valence-electron chi connectivity index (χ2n) is 9.69. The van der Waals surface area contributed by atoms with E-state index in [1.165, 1.54) is 24.3 Å². The minimum atomic E-state index is -3.98. The number of carbonyl (C=O) groups excluding carboxylic acids is 1. The molecule has 3 heterocycles. The fourth-order valence-electron chi connectivity index (χ4n) is 4.82. The lowest BCUT2D eigenvalue weighted by Gasteiger charge is -2.30. The van der Waals surface area contributed by atoms with E-state index in [1.54, 1.807) is 12.1 Å². The fourth-order valence-corrected chi connectivity index (χ4v) is 5.24. The Morgan fingerprint density at radius 2 is 1.97 bits per heavy atom. The van der Waals surface area contributed by atoms with Gasteiger partial charge in [0.25, 0.3) is 5.91 Å². The number of fused-ring (bicyclic) bond motifs is 1. The number of likely N-dealkylation sites (tertiary alicyclic amines) is 1. The third kappa shape index (κ3) is 5.92. The van der Waals surface area contributed by atoms with Crippen molar-refractivity contribution in [2.75, 3.05) is 32.8 Å². The van der Waals surface area contributed by atoms with Crippen LogP contribution >= 0.6 is 23.2 Å². The highest BCUT2D eigenvalue weighted by molar-refractivity contribution is 6.32. The first-order valence-electron chi connectivity index (χ1n) is 12.5. The van der Waals surface area contributed by atoms with Crippen LogP contribution in [0.3, 0.4) is 0 Å². The number of benzene rings is 2. The number of nitrogens with one attached hydrogen (secondary N) is 1. The lowest BCUT2D eigenvalue weighted by atomic mass is 10.0. The lowest BCUT2D eigenvalue weighted by Crippen LogP contribution is -2.50. The molecule has 0 aliphatic carbocycles. The first kappa shape index (κ1) is 27.1. The first-order valence-corrected chi connectivity index (χ1v) is 13.3. The highest BCUT2D eigenvalue weighted by Gasteiger charge is 2.46. The summed E-state index contributed by atoms with van der Waals surface area (Å²) in [6, 6.07) is 9.30. The van der Waals surface area contributed by atoms with E-state index in [0.717, 1.165) is 38.4 Å². The van der Waals surface area contributed by atoms with Crippen molar-refractivity contribution in [2.24, 2.45) is 0 Å². The summed E-state index contributed by atoms with van der Waals surface area (Å²) in [4.78, 5) is 14.9. The van der Waals surface area contributed by atoms with Gasteiger partial charge in [-0.25, -0.2) is 0 Å². The Morgan fingerprint density at radius 1 is 1.18 bits per heavy atom. The maximum Gasteiger partial charge on any atom is 0.380 e. The molecule has 204 valence electrons. The van der Waals surface area contributed by atoms with Crippen molar-refractivity contribution < 1.29 is 32.6 Å². The second kappa shape index (κ2) is 11.4. The SMILES string of the molecule is O=C(N[C@H](CN1CCCC1)[C@H](O)c1ccc(OC2CCOC2)c(Cl)c1)C(F)(F)c1cc2cc(Cl)ccc2o1. The van der Waals surface area contributed by atoms with Crippen LogP contribution in [0.5, 0.6) is 5.75 Å². The van der Waals surface area contributed by atoms with E-state index in [0.29, 0.717) is 34.9 Å². The van der Waals surface area contributed by atoms with Gasteiger partial charge in [0.05, 0.1) is 24.3 Å². The third-order valence-electron chi connectivity index (χ3n) is 6.90. The van der Waals surface area contributed by atoms with Gasteiger partial charge in [-0.2, -0.15) is 8.78 Å². The van der Waals surface area contributed by atoms with Crippen LogP contribution in [0.1, 0.15) is 36.7 Å². The van der Waals surface area contributed by atoms with E-state index in [4.69, 9.17) is 37.1 Å². The van der Waals surface area contributed by atoms with Gasteiger partial charge in [-0.1, -0.05) is 29.3 Å². The molecule has 2 saturated heterocycles. The van der Waals surface area contributed by atoms with Gasteiger partial charge in [-0.15, -0.1) is 0 Å². The predicted octanol–water partition coefficient (Wildman–Crippen LogP) is 5.31. The standard InChI is InChI=1S/C27H28Cl2F2N2O5/c28-18-4-6-22-17(11-18)13-24(38-22)27(30,31)26(35)32-21(14-33-8-1-2-9-33)25(34)16-3-5-23(20(29)12-16)37-19-7-10-36-15-19/h3-6,11-13,19,21,25,34H,1-2,7-10,14-15H2,(H,32,35)/t19?,21-,25-/m1/s1. The minimum absolute atomic E-state index is 0.109. The zero-order valence-electron chi connectivity index (χ0n) is 20.5. The minimum Gasteiger partial charge on any atom is -0.486 e. The molecule has 1 unspecified atom stereocenters. The van der Waals surface area contributed by atoms with Crippen LogP contribution < -0.4 is 10.1 Å². The molecule has 2 aromatic carbocycles. The Labute approximate surface area is 228 Å². The van der Waals surface area contributed by atoms with Gasteiger partial charge >= 0.3 is 5.92 Å². The van der Waals surface area contributed by atoms with Gasteiger partial charge in [0.15, 0.2) is 5.76 Å². The van der Waals surface area contributed by atoms with Crippen molar-refractivity contribution in [3.8, 4) is 5.75 Å². The quantitative estimate of drug-likeness (QED) is 0.364. The van der Waals surface area contributed by atoms with Crippen molar-refractivity contribution in [2.45, 2.75) is 43.4 Å². The first-order chi connectivity index (χ1) is 18.2. The molecule has 2 aliphatic rings. The largest absolute Gasteiger partial charge is 0.486 e. The summed E-state index contributed by atoms with van der Waals surface area (Å²) in [5, 5.41) is 14.6. The van der Waals surface area contributed by atoms with Crippen LogP contribution in [0.2, 0.25) is 10.0 Å². The zero-order valence-corrected chi connectivity index (χ0v) is 22.0. The molecule has 2 fully saturated rings. The van der Waals surface area contributed by atoms with Gasteiger partial charge in [-0.05, 0) is 67.9 Å². The molecule has 38 heavy (non-hydrogen) atoms. The average molecular weight is 569 g/mol. The number of amides is 1. The highest BCUT2D eigenvalue weighted by Crippen LogP contribution is 2.35. The fraction of sp³-hybridized carbons (Fsp3) is 0.444. The summed E-state index contributed by atoms with van der Waals surface area (Å²) in [5.74, 6) is -5.91. The number of hydrogen-bond donors (Lipinski definition) is 2. The van der Waals surface area contributed by atoms with Crippen LogP contribution in [-0.4, -0.2) is 60.9 Å². The van der Waals surface area contributed by atoms with Crippen molar-refractivity contribution in [3.05, 3.63) is 63.8 Å². The zero-order chi connectivity index (χ0) is 26.9. The van der Waals surface area contributed by atoms with Gasteiger partial charge in [-0.3, -0.25) is 4.79 Å². The number of rotatable bonds is 9. The van der Waals surface area contributed by atoms with Crippen LogP contribution in [0.4, 0.5) is 8.78 Å². The second-order valence-corrected chi connectivity index (χ2v) is 10.5. The maximum absolute atomic E-state index is 15.3. The Bertz CT molecular complexity index is 1290. The number of halogens is 4. The molecule has 1 amide bonds. The number of aliphatic hydroxyl groups is 1. The number of ether oxygens (including phenoxy) is 2. The number of hydrogen-bond acceptors (Lipinski definition) is 6.